The van der Waals surface area contributed by atoms with Gasteiger partial charge in [-0.3, -0.25) is 9.69 Å². The molecule has 2 aromatic carbocycles. The molecule has 0 fully saturated rings. The molecule has 3 rings (SSSR count). The van der Waals surface area contributed by atoms with Crippen molar-refractivity contribution in [3.05, 3.63) is 59.2 Å². The van der Waals surface area contributed by atoms with Crippen LogP contribution in [-0.4, -0.2) is 44.2 Å². The molecule has 5 heteroatoms. The molecule has 0 saturated heterocycles. The van der Waals surface area contributed by atoms with Gasteiger partial charge < -0.3 is 14.8 Å². The van der Waals surface area contributed by atoms with Crippen molar-refractivity contribution >= 4 is 5.91 Å². The zero-order chi connectivity index (χ0) is 19.2. The number of carbonyl (C=O) groups excluding carboxylic acids is 1. The summed E-state index contributed by atoms with van der Waals surface area (Å²) in [4.78, 5) is 15.1. The SMILES string of the molecule is CC[C@@H](CNC(=O)c1ccc(OC)cc1OC)N1CCc2ccccc2C1. The summed E-state index contributed by atoms with van der Waals surface area (Å²) in [7, 11) is 3.16. The third-order valence-electron chi connectivity index (χ3n) is 5.30. The molecule has 1 heterocycles. The Balaban J connectivity index is 1.64. The molecular weight excluding hydrogens is 340 g/mol. The molecule has 1 atom stereocenters. The fourth-order valence-corrected chi connectivity index (χ4v) is 3.65. The van der Waals surface area contributed by atoms with Gasteiger partial charge in [-0.05, 0) is 36.1 Å². The number of fused-ring (bicyclic) bond motifs is 1. The minimum atomic E-state index is -0.120. The number of methoxy groups -OCH3 is 2. The van der Waals surface area contributed by atoms with E-state index in [4.69, 9.17) is 9.47 Å². The van der Waals surface area contributed by atoms with Crippen LogP contribution in [0.2, 0.25) is 0 Å². The fraction of sp³-hybridized carbons (Fsp3) is 0.409. The number of benzene rings is 2. The van der Waals surface area contributed by atoms with Gasteiger partial charge in [0.1, 0.15) is 11.5 Å². The van der Waals surface area contributed by atoms with E-state index < -0.39 is 0 Å². The van der Waals surface area contributed by atoms with Gasteiger partial charge in [0.2, 0.25) is 0 Å². The maximum absolute atomic E-state index is 12.7. The van der Waals surface area contributed by atoms with Crippen molar-refractivity contribution in [3.8, 4) is 11.5 Å². The lowest BCUT2D eigenvalue weighted by atomic mass is 9.98. The number of nitrogens with zero attached hydrogens (tertiary/aromatic N) is 1. The number of carbonyl (C=O) groups is 1. The first-order valence-electron chi connectivity index (χ1n) is 9.47. The number of hydrogen-bond donors (Lipinski definition) is 1. The molecule has 144 valence electrons. The van der Waals surface area contributed by atoms with Crippen LogP contribution in [-0.2, 0) is 13.0 Å². The summed E-state index contributed by atoms with van der Waals surface area (Å²) in [6.07, 6.45) is 2.05. The summed E-state index contributed by atoms with van der Waals surface area (Å²) in [5, 5.41) is 3.08. The van der Waals surface area contributed by atoms with Crippen LogP contribution in [0.25, 0.3) is 0 Å². The summed E-state index contributed by atoms with van der Waals surface area (Å²) in [5.41, 5.74) is 3.36. The number of ether oxygens (including phenoxy) is 2. The van der Waals surface area contributed by atoms with Crippen molar-refractivity contribution in [1.29, 1.82) is 0 Å². The van der Waals surface area contributed by atoms with Crippen LogP contribution in [0.3, 0.4) is 0 Å². The van der Waals surface area contributed by atoms with Crippen LogP contribution in [0.1, 0.15) is 34.8 Å². The van der Waals surface area contributed by atoms with E-state index in [9.17, 15) is 4.79 Å². The Labute approximate surface area is 161 Å². The Morgan fingerprint density at radius 3 is 2.63 bits per heavy atom. The topological polar surface area (TPSA) is 50.8 Å². The Morgan fingerprint density at radius 2 is 1.93 bits per heavy atom. The van der Waals surface area contributed by atoms with Crippen LogP contribution in [0.15, 0.2) is 42.5 Å². The molecule has 27 heavy (non-hydrogen) atoms. The Bertz CT molecular complexity index is 791. The molecule has 0 spiro atoms. The molecule has 2 aromatic rings. The molecule has 1 N–H and O–H groups in total. The lowest BCUT2D eigenvalue weighted by Crippen LogP contribution is -2.45. The second-order valence-electron chi connectivity index (χ2n) is 6.83. The normalized spacial score (nSPS) is 14.9. The molecular formula is C22H28N2O3. The lowest BCUT2D eigenvalue weighted by molar-refractivity contribution is 0.0923. The maximum atomic E-state index is 12.7. The monoisotopic (exact) mass is 368 g/mol. The van der Waals surface area contributed by atoms with E-state index in [0.717, 1.165) is 25.9 Å². The minimum absolute atomic E-state index is 0.120. The van der Waals surface area contributed by atoms with Crippen LogP contribution in [0.4, 0.5) is 0 Å². The van der Waals surface area contributed by atoms with Gasteiger partial charge in [0.15, 0.2) is 0 Å². The highest BCUT2D eigenvalue weighted by molar-refractivity contribution is 5.97. The third kappa shape index (κ3) is 4.42. The molecule has 5 nitrogen and oxygen atoms in total. The van der Waals surface area contributed by atoms with Crippen molar-refractivity contribution < 1.29 is 14.3 Å². The maximum Gasteiger partial charge on any atom is 0.255 e. The Hall–Kier alpha value is -2.53. The second-order valence-corrected chi connectivity index (χ2v) is 6.83. The largest absolute Gasteiger partial charge is 0.497 e. The van der Waals surface area contributed by atoms with Crippen LogP contribution >= 0.6 is 0 Å². The second kappa shape index (κ2) is 8.91. The highest BCUT2D eigenvalue weighted by Gasteiger charge is 2.23. The van der Waals surface area contributed by atoms with Crippen molar-refractivity contribution in [1.82, 2.24) is 10.2 Å². The van der Waals surface area contributed by atoms with Gasteiger partial charge in [-0.15, -0.1) is 0 Å². The van der Waals surface area contributed by atoms with Crippen molar-refractivity contribution in [2.45, 2.75) is 32.4 Å². The Kier molecular flexibility index (Phi) is 6.35. The van der Waals surface area contributed by atoms with Crippen molar-refractivity contribution in [2.75, 3.05) is 27.3 Å². The molecule has 0 aromatic heterocycles. The van der Waals surface area contributed by atoms with Crippen LogP contribution in [0.5, 0.6) is 11.5 Å². The van der Waals surface area contributed by atoms with Gasteiger partial charge in [-0.25, -0.2) is 0 Å². The van der Waals surface area contributed by atoms with E-state index in [1.165, 1.54) is 11.1 Å². The third-order valence-corrected chi connectivity index (χ3v) is 5.30. The summed E-state index contributed by atoms with van der Waals surface area (Å²) in [5.74, 6) is 1.07. The van der Waals surface area contributed by atoms with Gasteiger partial charge in [0.25, 0.3) is 5.91 Å². The van der Waals surface area contributed by atoms with E-state index in [1.807, 2.05) is 0 Å². The predicted molar refractivity (Wildman–Crippen MR) is 107 cm³/mol. The summed E-state index contributed by atoms with van der Waals surface area (Å²) in [6.45, 7) is 4.76. The highest BCUT2D eigenvalue weighted by atomic mass is 16.5. The first-order chi connectivity index (χ1) is 13.2. The van der Waals surface area contributed by atoms with Gasteiger partial charge >= 0.3 is 0 Å². The summed E-state index contributed by atoms with van der Waals surface area (Å²) >= 11 is 0. The van der Waals surface area contributed by atoms with E-state index in [1.54, 1.807) is 32.4 Å². The van der Waals surface area contributed by atoms with Gasteiger partial charge in [0, 0.05) is 31.7 Å². The standard InChI is InChI=1S/C22H28N2O3/c1-4-18(24-12-11-16-7-5-6-8-17(16)15-24)14-23-22(25)20-10-9-19(26-2)13-21(20)27-3/h5-10,13,18H,4,11-12,14-15H2,1-3H3,(H,23,25)/t18-/m0/s1. The molecule has 0 aliphatic carbocycles. The van der Waals surface area contributed by atoms with Gasteiger partial charge in [-0.1, -0.05) is 31.2 Å². The van der Waals surface area contributed by atoms with E-state index in [2.05, 4.69) is 41.4 Å². The smallest absolute Gasteiger partial charge is 0.255 e. The summed E-state index contributed by atoms with van der Waals surface area (Å²) in [6, 6.07) is 14.2. The van der Waals surface area contributed by atoms with Crippen molar-refractivity contribution in [2.24, 2.45) is 0 Å². The summed E-state index contributed by atoms with van der Waals surface area (Å²) < 4.78 is 10.5. The van der Waals surface area contributed by atoms with E-state index in [0.29, 0.717) is 29.6 Å². The first-order valence-corrected chi connectivity index (χ1v) is 9.47. The molecule has 1 amide bonds. The highest BCUT2D eigenvalue weighted by Crippen LogP contribution is 2.25. The number of amides is 1. The molecule has 0 radical (unpaired) electrons. The molecule has 1 aliphatic rings. The molecule has 0 unspecified atom stereocenters. The Morgan fingerprint density at radius 1 is 1.15 bits per heavy atom. The first kappa shape index (κ1) is 19.2. The zero-order valence-electron chi connectivity index (χ0n) is 16.3. The van der Waals surface area contributed by atoms with Gasteiger partial charge in [-0.2, -0.15) is 0 Å². The van der Waals surface area contributed by atoms with Crippen LogP contribution in [0, 0.1) is 0 Å². The number of nitrogens with one attached hydrogen (secondary N) is 1. The fourth-order valence-electron chi connectivity index (χ4n) is 3.65. The lowest BCUT2D eigenvalue weighted by Gasteiger charge is -2.35. The van der Waals surface area contributed by atoms with Gasteiger partial charge in [0.05, 0.1) is 19.8 Å². The quantitative estimate of drug-likeness (QED) is 0.815. The molecule has 0 bridgehead atoms. The average molecular weight is 368 g/mol. The predicted octanol–water partition coefficient (Wildman–Crippen LogP) is 3.27. The van der Waals surface area contributed by atoms with E-state index in [-0.39, 0.29) is 5.91 Å². The minimum Gasteiger partial charge on any atom is -0.497 e. The van der Waals surface area contributed by atoms with Crippen molar-refractivity contribution in [3.63, 3.8) is 0 Å². The molecule has 0 saturated carbocycles. The van der Waals surface area contributed by atoms with E-state index >= 15 is 0 Å². The van der Waals surface area contributed by atoms with Crippen LogP contribution < -0.4 is 14.8 Å². The molecule has 1 aliphatic heterocycles. The average Bonchev–Trinajstić information content (AvgIpc) is 2.73. The zero-order valence-corrected chi connectivity index (χ0v) is 16.3. The number of rotatable bonds is 7. The number of hydrogen-bond acceptors (Lipinski definition) is 4.